The smallest absolute Gasteiger partial charge is 0.329 e. The third-order valence-corrected chi connectivity index (χ3v) is 5.08. The maximum Gasteiger partial charge on any atom is 0.329 e. The second kappa shape index (κ2) is 11.1. The van der Waals surface area contributed by atoms with Crippen molar-refractivity contribution in [1.29, 1.82) is 0 Å². The molecule has 1 fully saturated rings. The third-order valence-electron chi connectivity index (χ3n) is 4.50. The monoisotopic (exact) mass is 467 g/mol. The van der Waals surface area contributed by atoms with Crippen molar-refractivity contribution in [3.8, 4) is 5.75 Å². The van der Waals surface area contributed by atoms with Crippen molar-refractivity contribution in [3.63, 3.8) is 0 Å². The molecule has 7 nitrogen and oxygen atoms in total. The van der Waals surface area contributed by atoms with Crippen LogP contribution in [0.1, 0.15) is 24.0 Å². The molecule has 3 rings (SSSR count). The molecule has 0 saturated carbocycles. The number of halogens is 3. The van der Waals surface area contributed by atoms with Gasteiger partial charge in [-0.2, -0.15) is 5.10 Å². The number of nitrogens with zero attached hydrogens (tertiary/aromatic N) is 1. The minimum Gasteiger partial charge on any atom is -0.488 e. The summed E-state index contributed by atoms with van der Waals surface area (Å²) in [7, 11) is 0. The number of hydrazone groups is 1. The van der Waals surface area contributed by atoms with E-state index in [4.69, 9.17) is 32.7 Å². The van der Waals surface area contributed by atoms with E-state index in [9.17, 15) is 14.0 Å². The summed E-state index contributed by atoms with van der Waals surface area (Å²) in [6, 6.07) is 9.07. The van der Waals surface area contributed by atoms with Crippen LogP contribution in [-0.2, 0) is 20.9 Å². The summed E-state index contributed by atoms with van der Waals surface area (Å²) in [5.41, 5.74) is 2.77. The van der Waals surface area contributed by atoms with Crippen LogP contribution in [-0.4, -0.2) is 37.3 Å². The highest BCUT2D eigenvalue weighted by atomic mass is 35.5. The zero-order chi connectivity index (χ0) is 22.2. The molecule has 2 aromatic rings. The summed E-state index contributed by atoms with van der Waals surface area (Å²) in [6.07, 6.45) is 2.98. The van der Waals surface area contributed by atoms with Crippen LogP contribution in [0.3, 0.4) is 0 Å². The van der Waals surface area contributed by atoms with Crippen LogP contribution in [0, 0.1) is 5.82 Å². The highest BCUT2D eigenvalue weighted by Crippen LogP contribution is 2.25. The number of benzene rings is 2. The van der Waals surface area contributed by atoms with Crippen LogP contribution in [0.4, 0.5) is 4.39 Å². The van der Waals surface area contributed by atoms with Crippen molar-refractivity contribution < 1.29 is 23.5 Å². The molecule has 0 bridgehead atoms. The van der Waals surface area contributed by atoms with Gasteiger partial charge in [0.05, 0.1) is 17.3 Å². The van der Waals surface area contributed by atoms with E-state index >= 15 is 0 Å². The minimum atomic E-state index is -0.920. The molecule has 1 aliphatic rings. The standard InChI is InChI=1S/C21H20Cl2FN3O4/c22-14-6-7-19(31-12-16-17(23)4-1-5-18(16)24)13(9-14)10-26-27-21(29)20(28)25-11-15-3-2-8-30-15/h1,4-7,9-10,15H,2-3,8,11-12H2,(H,25,28)(H,27,29)/b26-10-/t15-/m1/s1. The fourth-order valence-corrected chi connectivity index (χ4v) is 3.27. The van der Waals surface area contributed by atoms with Crippen molar-refractivity contribution in [2.45, 2.75) is 25.6 Å². The van der Waals surface area contributed by atoms with Crippen molar-refractivity contribution in [2.24, 2.45) is 5.10 Å². The second-order valence-corrected chi connectivity index (χ2v) is 7.56. The SMILES string of the molecule is O=C(NC[C@H]1CCCO1)C(=O)N/N=C\c1cc(Cl)ccc1OCc1c(F)cccc1Cl. The van der Waals surface area contributed by atoms with E-state index in [0.717, 1.165) is 12.8 Å². The van der Waals surface area contributed by atoms with Gasteiger partial charge in [0, 0.05) is 29.3 Å². The Morgan fingerprint density at radius 3 is 2.84 bits per heavy atom. The molecular weight excluding hydrogens is 448 g/mol. The van der Waals surface area contributed by atoms with E-state index in [1.807, 2.05) is 0 Å². The number of hydrogen-bond acceptors (Lipinski definition) is 5. The Balaban J connectivity index is 1.58. The number of ether oxygens (including phenoxy) is 2. The first-order valence-corrected chi connectivity index (χ1v) is 10.3. The van der Waals surface area contributed by atoms with Gasteiger partial charge in [-0.1, -0.05) is 29.3 Å². The molecule has 0 aromatic heterocycles. The first-order valence-electron chi connectivity index (χ1n) is 9.52. The van der Waals surface area contributed by atoms with Gasteiger partial charge in [0.2, 0.25) is 0 Å². The van der Waals surface area contributed by atoms with Crippen molar-refractivity contribution in [2.75, 3.05) is 13.2 Å². The van der Waals surface area contributed by atoms with E-state index in [-0.39, 0.29) is 29.8 Å². The average Bonchev–Trinajstić information content (AvgIpc) is 3.26. The second-order valence-electron chi connectivity index (χ2n) is 6.72. The zero-order valence-corrected chi connectivity index (χ0v) is 17.9. The summed E-state index contributed by atoms with van der Waals surface area (Å²) < 4.78 is 25.0. The minimum absolute atomic E-state index is 0.0747. The van der Waals surface area contributed by atoms with Crippen molar-refractivity contribution in [1.82, 2.24) is 10.7 Å². The van der Waals surface area contributed by atoms with Gasteiger partial charge in [-0.15, -0.1) is 0 Å². The molecule has 1 atom stereocenters. The molecule has 10 heteroatoms. The van der Waals surface area contributed by atoms with Gasteiger partial charge in [0.25, 0.3) is 0 Å². The number of carbonyl (C=O) groups excluding carboxylic acids is 2. The fourth-order valence-electron chi connectivity index (χ4n) is 2.88. The summed E-state index contributed by atoms with van der Waals surface area (Å²) in [5, 5.41) is 6.92. The van der Waals surface area contributed by atoms with Gasteiger partial charge < -0.3 is 14.8 Å². The van der Waals surface area contributed by atoms with E-state index < -0.39 is 17.6 Å². The molecule has 31 heavy (non-hydrogen) atoms. The molecule has 2 aromatic carbocycles. The van der Waals surface area contributed by atoms with Crippen LogP contribution < -0.4 is 15.5 Å². The van der Waals surface area contributed by atoms with Crippen LogP contribution in [0.2, 0.25) is 10.0 Å². The summed E-state index contributed by atoms with van der Waals surface area (Å²) in [4.78, 5) is 23.7. The Morgan fingerprint density at radius 1 is 1.26 bits per heavy atom. The molecule has 0 spiro atoms. The molecule has 1 saturated heterocycles. The molecule has 1 heterocycles. The van der Waals surface area contributed by atoms with Gasteiger partial charge in [-0.05, 0) is 43.2 Å². The fraction of sp³-hybridized carbons (Fsp3) is 0.286. The predicted molar refractivity (Wildman–Crippen MR) is 115 cm³/mol. The predicted octanol–water partition coefficient (Wildman–Crippen LogP) is 3.46. The summed E-state index contributed by atoms with van der Waals surface area (Å²) in [5.74, 6) is -1.89. The quantitative estimate of drug-likeness (QED) is 0.370. The Bertz CT molecular complexity index is 961. The Labute approximate surface area is 188 Å². The van der Waals surface area contributed by atoms with Crippen LogP contribution in [0.5, 0.6) is 5.75 Å². The zero-order valence-electron chi connectivity index (χ0n) is 16.4. The molecule has 2 amide bonds. The van der Waals surface area contributed by atoms with Crippen molar-refractivity contribution >= 4 is 41.2 Å². The van der Waals surface area contributed by atoms with Crippen LogP contribution in [0.25, 0.3) is 0 Å². The first-order chi connectivity index (χ1) is 14.9. The normalized spacial score (nSPS) is 15.8. The first kappa shape index (κ1) is 23.0. The molecule has 0 radical (unpaired) electrons. The highest BCUT2D eigenvalue weighted by Gasteiger charge is 2.19. The maximum atomic E-state index is 13.9. The molecular formula is C21H20Cl2FN3O4. The lowest BCUT2D eigenvalue weighted by atomic mass is 10.2. The number of nitrogens with one attached hydrogen (secondary N) is 2. The molecule has 0 unspecified atom stereocenters. The highest BCUT2D eigenvalue weighted by molar-refractivity contribution is 6.35. The third kappa shape index (κ3) is 6.65. The van der Waals surface area contributed by atoms with E-state index in [1.54, 1.807) is 24.3 Å². The lowest BCUT2D eigenvalue weighted by Gasteiger charge is -2.11. The van der Waals surface area contributed by atoms with Crippen molar-refractivity contribution in [3.05, 3.63) is 63.4 Å². The van der Waals surface area contributed by atoms with E-state index in [1.165, 1.54) is 18.3 Å². The van der Waals surface area contributed by atoms with Gasteiger partial charge in [-0.3, -0.25) is 9.59 Å². The Hall–Kier alpha value is -2.68. The van der Waals surface area contributed by atoms with Gasteiger partial charge in [-0.25, -0.2) is 9.82 Å². The van der Waals surface area contributed by atoms with Gasteiger partial charge in [0.15, 0.2) is 0 Å². The molecule has 2 N–H and O–H groups in total. The van der Waals surface area contributed by atoms with E-state index in [0.29, 0.717) is 22.9 Å². The average molecular weight is 468 g/mol. The largest absolute Gasteiger partial charge is 0.488 e. The molecule has 164 valence electrons. The lowest BCUT2D eigenvalue weighted by Crippen LogP contribution is -2.41. The van der Waals surface area contributed by atoms with Gasteiger partial charge >= 0.3 is 11.8 Å². The maximum absolute atomic E-state index is 13.9. The Morgan fingerprint density at radius 2 is 2.10 bits per heavy atom. The van der Waals surface area contributed by atoms with Crippen LogP contribution in [0.15, 0.2) is 41.5 Å². The molecule has 0 aliphatic carbocycles. The van der Waals surface area contributed by atoms with E-state index in [2.05, 4.69) is 15.8 Å². The number of hydrogen-bond donors (Lipinski definition) is 2. The van der Waals surface area contributed by atoms with Crippen LogP contribution >= 0.6 is 23.2 Å². The van der Waals surface area contributed by atoms with Gasteiger partial charge in [0.1, 0.15) is 18.2 Å². The lowest BCUT2D eigenvalue weighted by molar-refractivity contribution is -0.139. The topological polar surface area (TPSA) is 89.0 Å². The Kier molecular flexibility index (Phi) is 8.22. The number of amides is 2. The number of carbonyl (C=O) groups is 2. The summed E-state index contributed by atoms with van der Waals surface area (Å²) in [6.45, 7) is 0.803. The number of rotatable bonds is 7. The molecule has 1 aliphatic heterocycles. The summed E-state index contributed by atoms with van der Waals surface area (Å²) >= 11 is 12.0.